The number of halogens is 1. The maximum atomic E-state index is 12.1. The van der Waals surface area contributed by atoms with Gasteiger partial charge in [-0.2, -0.15) is 0 Å². The third-order valence-electron chi connectivity index (χ3n) is 3.60. The van der Waals surface area contributed by atoms with Gasteiger partial charge in [0, 0.05) is 25.6 Å². The Labute approximate surface area is 146 Å². The van der Waals surface area contributed by atoms with E-state index in [4.69, 9.17) is 4.74 Å². The third-order valence-corrected chi connectivity index (χ3v) is 3.60. The van der Waals surface area contributed by atoms with E-state index in [1.807, 2.05) is 34.9 Å². The molecule has 0 atom stereocenters. The van der Waals surface area contributed by atoms with Gasteiger partial charge in [-0.3, -0.25) is 4.79 Å². The van der Waals surface area contributed by atoms with Crippen molar-refractivity contribution in [1.29, 1.82) is 0 Å². The molecule has 1 aliphatic heterocycles. The molecule has 1 saturated heterocycles. The van der Waals surface area contributed by atoms with Crippen LogP contribution in [0, 0.1) is 5.92 Å². The van der Waals surface area contributed by atoms with Gasteiger partial charge in [0.05, 0.1) is 0 Å². The molecule has 0 aromatic heterocycles. The topological polar surface area (TPSA) is 61.9 Å². The van der Waals surface area contributed by atoms with E-state index in [-0.39, 0.29) is 30.3 Å². The van der Waals surface area contributed by atoms with E-state index in [1.54, 1.807) is 4.90 Å². The van der Waals surface area contributed by atoms with E-state index >= 15 is 0 Å². The van der Waals surface area contributed by atoms with Crippen LogP contribution in [0.2, 0.25) is 0 Å². The van der Waals surface area contributed by atoms with Gasteiger partial charge in [0.2, 0.25) is 5.91 Å². The Kier molecular flexibility index (Phi) is 9.54. The average Bonchev–Trinajstić information content (AvgIpc) is 2.41. The fourth-order valence-electron chi connectivity index (χ4n) is 2.40. The summed E-state index contributed by atoms with van der Waals surface area (Å²) >= 11 is 0. The van der Waals surface area contributed by atoms with Crippen molar-refractivity contribution in [3.63, 3.8) is 0 Å². The zero-order chi connectivity index (χ0) is 16.8. The molecule has 1 N–H and O–H groups in total. The highest BCUT2D eigenvalue weighted by molar-refractivity contribution is 5.85. The summed E-state index contributed by atoms with van der Waals surface area (Å²) in [4.78, 5) is 27.9. The Hall–Kier alpha value is -1.01. The molecule has 0 unspecified atom stereocenters. The molecular formula is C16H32ClN3O3. The Balaban J connectivity index is 0.00000484. The van der Waals surface area contributed by atoms with Gasteiger partial charge in [-0.25, -0.2) is 4.79 Å². The fraction of sp³-hybridized carbons (Fsp3) is 0.875. The van der Waals surface area contributed by atoms with Crippen molar-refractivity contribution in [3.8, 4) is 0 Å². The zero-order valence-corrected chi connectivity index (χ0v) is 15.9. The van der Waals surface area contributed by atoms with Gasteiger partial charge in [-0.1, -0.05) is 0 Å². The number of hydrogen-bond acceptors (Lipinski definition) is 4. The van der Waals surface area contributed by atoms with Crippen molar-refractivity contribution >= 4 is 24.4 Å². The summed E-state index contributed by atoms with van der Waals surface area (Å²) in [6.45, 7) is 8.44. The minimum absolute atomic E-state index is 0. The second-order valence-electron chi connectivity index (χ2n) is 7.19. The molecule has 1 aliphatic rings. The van der Waals surface area contributed by atoms with Gasteiger partial charge in [0.1, 0.15) is 5.60 Å². The fourth-order valence-corrected chi connectivity index (χ4v) is 2.40. The van der Waals surface area contributed by atoms with E-state index in [2.05, 4.69) is 10.2 Å². The Morgan fingerprint density at radius 1 is 1.22 bits per heavy atom. The second kappa shape index (κ2) is 9.98. The molecule has 0 aromatic carbocycles. The molecule has 7 heteroatoms. The second-order valence-corrected chi connectivity index (χ2v) is 7.19. The average molecular weight is 350 g/mol. The zero-order valence-electron chi connectivity index (χ0n) is 15.1. The Morgan fingerprint density at radius 2 is 1.78 bits per heavy atom. The number of carbonyl (C=O) groups excluding carboxylic acids is 2. The number of piperidine rings is 1. The molecule has 0 bridgehead atoms. The standard InChI is InChI=1S/C16H31N3O3.ClH/c1-16(2,3)22-15(21)19-11-7-13(8-12-19)14(20)17-9-6-10-18(4)5;/h13H,6-12H2,1-5H3,(H,17,20);1H. The number of nitrogens with one attached hydrogen (secondary N) is 1. The molecular weight excluding hydrogens is 318 g/mol. The van der Waals surface area contributed by atoms with Crippen LogP contribution in [-0.2, 0) is 9.53 Å². The molecule has 0 saturated carbocycles. The predicted molar refractivity (Wildman–Crippen MR) is 94.0 cm³/mol. The first-order valence-electron chi connectivity index (χ1n) is 8.09. The Morgan fingerprint density at radius 3 is 2.26 bits per heavy atom. The highest BCUT2D eigenvalue weighted by atomic mass is 35.5. The van der Waals surface area contributed by atoms with E-state index in [0.717, 1.165) is 13.0 Å². The predicted octanol–water partition coefficient (Wildman–Crippen LogP) is 2.12. The van der Waals surface area contributed by atoms with Gasteiger partial charge >= 0.3 is 6.09 Å². The van der Waals surface area contributed by atoms with Crippen molar-refractivity contribution in [2.45, 2.75) is 45.6 Å². The van der Waals surface area contributed by atoms with E-state index in [9.17, 15) is 9.59 Å². The molecule has 0 radical (unpaired) electrons. The monoisotopic (exact) mass is 349 g/mol. The van der Waals surface area contributed by atoms with Crippen LogP contribution >= 0.6 is 12.4 Å². The molecule has 1 fully saturated rings. The first-order chi connectivity index (χ1) is 10.2. The minimum atomic E-state index is -0.474. The summed E-state index contributed by atoms with van der Waals surface area (Å²) in [5, 5.41) is 2.99. The van der Waals surface area contributed by atoms with Gasteiger partial charge in [-0.15, -0.1) is 12.4 Å². The lowest BCUT2D eigenvalue weighted by Crippen LogP contribution is -2.45. The summed E-state index contributed by atoms with van der Waals surface area (Å²) in [6, 6.07) is 0. The number of amides is 2. The smallest absolute Gasteiger partial charge is 0.410 e. The first-order valence-corrected chi connectivity index (χ1v) is 8.09. The van der Waals surface area contributed by atoms with Gasteiger partial charge in [-0.05, 0) is 60.7 Å². The molecule has 0 aliphatic carbocycles. The van der Waals surface area contributed by atoms with Crippen LogP contribution in [0.1, 0.15) is 40.0 Å². The number of rotatable bonds is 5. The number of nitrogens with zero attached hydrogens (tertiary/aromatic N) is 2. The van der Waals surface area contributed by atoms with Crippen molar-refractivity contribution in [2.75, 3.05) is 40.3 Å². The SMILES string of the molecule is CN(C)CCCNC(=O)C1CCN(C(=O)OC(C)(C)C)CC1.Cl. The molecule has 1 rings (SSSR count). The number of ether oxygens (including phenoxy) is 1. The molecule has 6 nitrogen and oxygen atoms in total. The third kappa shape index (κ3) is 9.01. The number of carbonyl (C=O) groups is 2. The van der Waals surface area contributed by atoms with Crippen molar-refractivity contribution in [3.05, 3.63) is 0 Å². The first kappa shape index (κ1) is 22.0. The Bertz CT molecular complexity index is 375. The normalized spacial score (nSPS) is 16.0. The number of hydrogen-bond donors (Lipinski definition) is 1. The van der Waals surface area contributed by atoms with Crippen molar-refractivity contribution in [1.82, 2.24) is 15.1 Å². The van der Waals surface area contributed by atoms with Gasteiger partial charge in [0.25, 0.3) is 0 Å². The van der Waals surface area contributed by atoms with Crippen molar-refractivity contribution in [2.24, 2.45) is 5.92 Å². The van der Waals surface area contributed by atoms with Crippen LogP contribution in [0.5, 0.6) is 0 Å². The summed E-state index contributed by atoms with van der Waals surface area (Å²) in [7, 11) is 4.04. The highest BCUT2D eigenvalue weighted by Crippen LogP contribution is 2.19. The lowest BCUT2D eigenvalue weighted by atomic mass is 9.96. The summed E-state index contributed by atoms with van der Waals surface area (Å²) in [6.07, 6.45) is 2.09. The van der Waals surface area contributed by atoms with E-state index < -0.39 is 5.60 Å². The number of likely N-dealkylation sites (tertiary alicyclic amines) is 1. The van der Waals surface area contributed by atoms with E-state index in [0.29, 0.717) is 32.5 Å². The summed E-state index contributed by atoms with van der Waals surface area (Å²) in [5.41, 5.74) is -0.474. The van der Waals surface area contributed by atoms with E-state index in [1.165, 1.54) is 0 Å². The summed E-state index contributed by atoms with van der Waals surface area (Å²) in [5.74, 6) is 0.126. The molecule has 136 valence electrons. The van der Waals surface area contributed by atoms with Gasteiger partial charge < -0.3 is 19.9 Å². The minimum Gasteiger partial charge on any atom is -0.444 e. The molecule has 0 spiro atoms. The van der Waals surface area contributed by atoms with Crippen LogP contribution in [0.25, 0.3) is 0 Å². The lowest BCUT2D eigenvalue weighted by molar-refractivity contribution is -0.126. The van der Waals surface area contributed by atoms with Crippen molar-refractivity contribution < 1.29 is 14.3 Å². The van der Waals surface area contributed by atoms with Gasteiger partial charge in [0.15, 0.2) is 0 Å². The molecule has 0 aromatic rings. The van der Waals surface area contributed by atoms with Crippen LogP contribution in [0.15, 0.2) is 0 Å². The van der Waals surface area contributed by atoms with Crippen LogP contribution < -0.4 is 5.32 Å². The maximum Gasteiger partial charge on any atom is 0.410 e. The largest absolute Gasteiger partial charge is 0.444 e. The van der Waals surface area contributed by atoms with Crippen LogP contribution in [-0.4, -0.2) is 67.7 Å². The maximum absolute atomic E-state index is 12.1. The highest BCUT2D eigenvalue weighted by Gasteiger charge is 2.29. The summed E-state index contributed by atoms with van der Waals surface area (Å²) < 4.78 is 5.36. The molecule has 23 heavy (non-hydrogen) atoms. The molecule has 2 amide bonds. The lowest BCUT2D eigenvalue weighted by Gasteiger charge is -2.32. The molecule has 1 heterocycles. The van der Waals surface area contributed by atoms with Crippen LogP contribution in [0.4, 0.5) is 4.79 Å². The quantitative estimate of drug-likeness (QED) is 0.772. The van der Waals surface area contributed by atoms with Crippen LogP contribution in [0.3, 0.4) is 0 Å².